The minimum Gasteiger partial charge on any atom is -0.493 e. The fourth-order valence-corrected chi connectivity index (χ4v) is 2.60. The van der Waals surface area contributed by atoms with Crippen molar-refractivity contribution in [2.75, 3.05) is 6.61 Å². The molecule has 0 fully saturated rings. The molecule has 0 N–H and O–H groups in total. The summed E-state index contributed by atoms with van der Waals surface area (Å²) >= 11 is 0. The number of carbonyl (C=O) groups is 1. The van der Waals surface area contributed by atoms with E-state index in [9.17, 15) is 4.79 Å². The van der Waals surface area contributed by atoms with Crippen molar-refractivity contribution in [2.45, 2.75) is 12.8 Å². The van der Waals surface area contributed by atoms with Crippen LogP contribution in [0.15, 0.2) is 61.2 Å². The van der Waals surface area contributed by atoms with Gasteiger partial charge in [-0.2, -0.15) is 0 Å². The molecule has 1 aliphatic heterocycles. The molecule has 0 aliphatic carbocycles. The lowest BCUT2D eigenvalue weighted by Crippen LogP contribution is -2.22. The van der Waals surface area contributed by atoms with Crippen molar-refractivity contribution in [3.8, 4) is 17.2 Å². The van der Waals surface area contributed by atoms with Gasteiger partial charge in [0.1, 0.15) is 17.2 Å². The van der Waals surface area contributed by atoms with E-state index in [0.29, 0.717) is 13.0 Å². The van der Waals surface area contributed by atoms with E-state index < -0.39 is 0 Å². The summed E-state index contributed by atoms with van der Waals surface area (Å²) in [5.41, 5.74) is 1.12. The first kappa shape index (κ1) is 14.4. The Morgan fingerprint density at radius 1 is 1.23 bits per heavy atom. The number of hydrogen-bond donors (Lipinski definition) is 0. The third-order valence-electron chi connectivity index (χ3n) is 3.72. The second-order valence-corrected chi connectivity index (χ2v) is 5.44. The number of fused-ring (bicyclic) bond motifs is 1. The van der Waals surface area contributed by atoms with Gasteiger partial charge >= 0.3 is 0 Å². The summed E-state index contributed by atoms with van der Waals surface area (Å²) in [5.74, 6) is 2.69. The van der Waals surface area contributed by atoms with Crippen molar-refractivity contribution < 1.29 is 14.3 Å². The number of hydrogen-bond acceptors (Lipinski definition) is 3. The maximum absolute atomic E-state index is 11.5. The van der Waals surface area contributed by atoms with Gasteiger partial charge in [0.2, 0.25) is 0 Å². The number of benzene rings is 2. The third kappa shape index (κ3) is 3.37. The lowest BCUT2D eigenvalue weighted by atomic mass is 9.92. The average molecular weight is 294 g/mol. The van der Waals surface area contributed by atoms with Crippen LogP contribution in [0.2, 0.25) is 0 Å². The van der Waals surface area contributed by atoms with Gasteiger partial charge in [0.25, 0.3) is 0 Å². The predicted octanol–water partition coefficient (Wildman–Crippen LogP) is 4.18. The summed E-state index contributed by atoms with van der Waals surface area (Å²) in [6.07, 6.45) is 2.72. The first-order valence-corrected chi connectivity index (χ1v) is 7.38. The van der Waals surface area contributed by atoms with Crippen LogP contribution in [0, 0.1) is 5.92 Å². The maximum atomic E-state index is 11.5. The number of rotatable bonds is 5. The van der Waals surface area contributed by atoms with Gasteiger partial charge in [-0.1, -0.05) is 30.8 Å². The monoisotopic (exact) mass is 294 g/mol. The van der Waals surface area contributed by atoms with Crippen LogP contribution in [0.5, 0.6) is 17.2 Å². The van der Waals surface area contributed by atoms with E-state index in [0.717, 1.165) is 29.2 Å². The second kappa shape index (κ2) is 6.48. The van der Waals surface area contributed by atoms with Gasteiger partial charge in [-0.15, -0.1) is 0 Å². The van der Waals surface area contributed by atoms with Crippen molar-refractivity contribution >= 4 is 5.78 Å². The van der Waals surface area contributed by atoms with Crippen molar-refractivity contribution in [1.29, 1.82) is 0 Å². The quantitative estimate of drug-likeness (QED) is 0.776. The molecule has 112 valence electrons. The molecule has 2 aromatic rings. The van der Waals surface area contributed by atoms with Crippen molar-refractivity contribution in [3.63, 3.8) is 0 Å². The van der Waals surface area contributed by atoms with E-state index in [1.807, 2.05) is 48.5 Å². The molecule has 1 unspecified atom stereocenters. The number of carbonyl (C=O) groups excluding carboxylic acids is 1. The molecule has 1 atom stereocenters. The van der Waals surface area contributed by atoms with Gasteiger partial charge in [-0.25, -0.2) is 0 Å². The highest BCUT2D eigenvalue weighted by molar-refractivity contribution is 5.89. The molecule has 0 bridgehead atoms. The fraction of sp³-hybridized carbons (Fsp3) is 0.211. The van der Waals surface area contributed by atoms with Crippen LogP contribution in [0.4, 0.5) is 0 Å². The van der Waals surface area contributed by atoms with Crippen LogP contribution < -0.4 is 9.47 Å². The van der Waals surface area contributed by atoms with Crippen LogP contribution in [0.3, 0.4) is 0 Å². The number of para-hydroxylation sites is 1. The predicted molar refractivity (Wildman–Crippen MR) is 85.5 cm³/mol. The Hall–Kier alpha value is -2.55. The van der Waals surface area contributed by atoms with Crippen LogP contribution in [0.25, 0.3) is 0 Å². The summed E-state index contributed by atoms with van der Waals surface area (Å²) in [6.45, 7) is 4.07. The molecule has 3 rings (SSSR count). The SMILES string of the molecule is C=CC(=O)CC1COc2cc(Oc3ccccc3)ccc2C1. The Labute approximate surface area is 130 Å². The molecule has 3 heteroatoms. The summed E-state index contributed by atoms with van der Waals surface area (Å²) in [6, 6.07) is 15.5. The molecule has 0 spiro atoms. The summed E-state index contributed by atoms with van der Waals surface area (Å²) in [7, 11) is 0. The summed E-state index contributed by atoms with van der Waals surface area (Å²) in [5, 5.41) is 0. The lowest BCUT2D eigenvalue weighted by molar-refractivity contribution is -0.115. The summed E-state index contributed by atoms with van der Waals surface area (Å²) < 4.78 is 11.6. The van der Waals surface area contributed by atoms with E-state index in [2.05, 4.69) is 6.58 Å². The van der Waals surface area contributed by atoms with Gasteiger partial charge in [0.05, 0.1) is 6.61 Å². The molecule has 3 nitrogen and oxygen atoms in total. The minimum absolute atomic E-state index is 0.0704. The van der Waals surface area contributed by atoms with Crippen LogP contribution >= 0.6 is 0 Å². The number of ketones is 1. The Bertz CT molecular complexity index is 676. The molecular weight excluding hydrogens is 276 g/mol. The Kier molecular flexibility index (Phi) is 4.24. The molecule has 0 amide bonds. The molecule has 1 aliphatic rings. The zero-order valence-corrected chi connectivity index (χ0v) is 12.3. The third-order valence-corrected chi connectivity index (χ3v) is 3.72. The highest BCUT2D eigenvalue weighted by Crippen LogP contribution is 2.33. The average Bonchev–Trinajstić information content (AvgIpc) is 2.56. The highest BCUT2D eigenvalue weighted by atomic mass is 16.5. The number of allylic oxidation sites excluding steroid dienone is 1. The van der Waals surface area contributed by atoms with Gasteiger partial charge in [0.15, 0.2) is 5.78 Å². The van der Waals surface area contributed by atoms with E-state index in [1.54, 1.807) is 0 Å². The zero-order chi connectivity index (χ0) is 15.4. The fourth-order valence-electron chi connectivity index (χ4n) is 2.60. The molecule has 2 aromatic carbocycles. The van der Waals surface area contributed by atoms with Crippen molar-refractivity contribution in [2.24, 2.45) is 5.92 Å². The van der Waals surface area contributed by atoms with E-state index >= 15 is 0 Å². The molecule has 0 radical (unpaired) electrons. The smallest absolute Gasteiger partial charge is 0.155 e. The first-order chi connectivity index (χ1) is 10.7. The standard InChI is InChI=1S/C19H18O3/c1-2-16(20)11-14-10-15-8-9-18(12-19(15)21-13-14)22-17-6-4-3-5-7-17/h2-9,12,14H,1,10-11,13H2. The van der Waals surface area contributed by atoms with Crippen LogP contribution in [0.1, 0.15) is 12.0 Å². The first-order valence-electron chi connectivity index (χ1n) is 7.38. The maximum Gasteiger partial charge on any atom is 0.155 e. The van der Waals surface area contributed by atoms with Crippen LogP contribution in [-0.2, 0) is 11.2 Å². The van der Waals surface area contributed by atoms with E-state index in [-0.39, 0.29) is 11.7 Å². The zero-order valence-electron chi connectivity index (χ0n) is 12.3. The normalized spacial score (nSPS) is 16.3. The topological polar surface area (TPSA) is 35.5 Å². The molecular formula is C19H18O3. The van der Waals surface area contributed by atoms with Gasteiger partial charge < -0.3 is 9.47 Å². The Balaban J connectivity index is 1.70. The molecule has 0 aromatic heterocycles. The Morgan fingerprint density at radius 2 is 2.05 bits per heavy atom. The van der Waals surface area contributed by atoms with E-state index in [4.69, 9.17) is 9.47 Å². The molecule has 0 saturated carbocycles. The number of ether oxygens (including phenoxy) is 2. The lowest BCUT2D eigenvalue weighted by Gasteiger charge is -2.25. The van der Waals surface area contributed by atoms with Gasteiger partial charge in [-0.3, -0.25) is 4.79 Å². The Morgan fingerprint density at radius 3 is 2.82 bits per heavy atom. The molecule has 1 heterocycles. The van der Waals surface area contributed by atoms with E-state index in [1.165, 1.54) is 6.08 Å². The molecule has 0 saturated heterocycles. The summed E-state index contributed by atoms with van der Waals surface area (Å²) in [4.78, 5) is 11.5. The highest BCUT2D eigenvalue weighted by Gasteiger charge is 2.22. The van der Waals surface area contributed by atoms with Gasteiger partial charge in [-0.05, 0) is 36.3 Å². The van der Waals surface area contributed by atoms with Crippen LogP contribution in [-0.4, -0.2) is 12.4 Å². The van der Waals surface area contributed by atoms with Crippen molar-refractivity contribution in [1.82, 2.24) is 0 Å². The molecule has 22 heavy (non-hydrogen) atoms. The second-order valence-electron chi connectivity index (χ2n) is 5.44. The minimum atomic E-state index is 0.0704. The largest absolute Gasteiger partial charge is 0.493 e. The van der Waals surface area contributed by atoms with Crippen molar-refractivity contribution in [3.05, 3.63) is 66.7 Å². The van der Waals surface area contributed by atoms with Gasteiger partial charge in [0, 0.05) is 18.4 Å².